The van der Waals surface area contributed by atoms with E-state index in [0.29, 0.717) is 5.41 Å². The molecule has 0 aliphatic heterocycles. The monoisotopic (exact) mass is 230 g/mol. The van der Waals surface area contributed by atoms with Crippen LogP contribution in [0.25, 0.3) is 0 Å². The lowest BCUT2D eigenvalue weighted by Gasteiger charge is -2.36. The van der Waals surface area contributed by atoms with Gasteiger partial charge in [0.2, 0.25) is 0 Å². The average molecular weight is 230 g/mol. The molecular weight excluding hydrogens is 204 g/mol. The topological polar surface area (TPSA) is 0 Å². The Balaban J connectivity index is 2.58. The molecule has 2 rings (SSSR count). The van der Waals surface area contributed by atoms with Gasteiger partial charge < -0.3 is 0 Å². The standard InChI is InChI=1S/C17H26/c1-11(2)15-13-9-7-8-10-14(13)17(5,6)16(15)12(3)4/h7-12,15-16H,1-6H3. The molecule has 0 heterocycles. The summed E-state index contributed by atoms with van der Waals surface area (Å²) in [5, 5.41) is 0. The second-order valence-electron chi connectivity index (χ2n) is 6.85. The van der Waals surface area contributed by atoms with E-state index in [2.05, 4.69) is 65.8 Å². The third kappa shape index (κ3) is 1.82. The van der Waals surface area contributed by atoms with Gasteiger partial charge in [-0.3, -0.25) is 0 Å². The lowest BCUT2D eigenvalue weighted by molar-refractivity contribution is 0.196. The predicted octanol–water partition coefficient (Wildman–Crippen LogP) is 4.99. The van der Waals surface area contributed by atoms with Crippen molar-refractivity contribution in [2.45, 2.75) is 52.9 Å². The van der Waals surface area contributed by atoms with Gasteiger partial charge in [-0.1, -0.05) is 65.8 Å². The molecule has 0 fully saturated rings. The minimum Gasteiger partial charge on any atom is -0.0625 e. The molecule has 2 unspecified atom stereocenters. The van der Waals surface area contributed by atoms with Crippen LogP contribution in [-0.2, 0) is 5.41 Å². The van der Waals surface area contributed by atoms with Crippen molar-refractivity contribution >= 4 is 0 Å². The molecule has 0 saturated heterocycles. The average Bonchev–Trinajstić information content (AvgIpc) is 2.48. The molecule has 1 aliphatic rings. The fourth-order valence-corrected chi connectivity index (χ4v) is 4.22. The zero-order valence-electron chi connectivity index (χ0n) is 12.1. The van der Waals surface area contributed by atoms with Crippen molar-refractivity contribution in [1.29, 1.82) is 0 Å². The van der Waals surface area contributed by atoms with Crippen molar-refractivity contribution in [3.8, 4) is 0 Å². The predicted molar refractivity (Wildman–Crippen MR) is 75.4 cm³/mol. The number of rotatable bonds is 2. The fourth-order valence-electron chi connectivity index (χ4n) is 4.22. The maximum Gasteiger partial charge on any atom is -0.00641 e. The van der Waals surface area contributed by atoms with Gasteiger partial charge in [0.25, 0.3) is 0 Å². The highest BCUT2D eigenvalue weighted by molar-refractivity contribution is 5.43. The molecule has 0 bridgehead atoms. The van der Waals surface area contributed by atoms with E-state index in [0.717, 1.165) is 23.7 Å². The molecular formula is C17H26. The molecule has 0 amide bonds. The van der Waals surface area contributed by atoms with Gasteiger partial charge >= 0.3 is 0 Å². The third-order valence-corrected chi connectivity index (χ3v) is 4.67. The largest absolute Gasteiger partial charge is 0.0625 e. The Kier molecular flexibility index (Phi) is 3.10. The number of fused-ring (bicyclic) bond motifs is 1. The number of hydrogen-bond acceptors (Lipinski definition) is 0. The SMILES string of the molecule is CC(C)C1c2ccccc2C(C)(C)C1C(C)C. The molecule has 2 atom stereocenters. The lowest BCUT2D eigenvalue weighted by Crippen LogP contribution is -2.31. The molecule has 0 heteroatoms. The van der Waals surface area contributed by atoms with Crippen LogP contribution in [-0.4, -0.2) is 0 Å². The minimum atomic E-state index is 0.319. The first kappa shape index (κ1) is 12.7. The minimum absolute atomic E-state index is 0.319. The highest BCUT2D eigenvalue weighted by atomic mass is 14.5. The van der Waals surface area contributed by atoms with Crippen LogP contribution in [0.2, 0.25) is 0 Å². The van der Waals surface area contributed by atoms with E-state index in [9.17, 15) is 0 Å². The molecule has 0 spiro atoms. The smallest absolute Gasteiger partial charge is 0.00641 e. The van der Waals surface area contributed by atoms with E-state index in [1.807, 2.05) is 0 Å². The quantitative estimate of drug-likeness (QED) is 0.671. The van der Waals surface area contributed by atoms with Crippen LogP contribution >= 0.6 is 0 Å². The second-order valence-corrected chi connectivity index (χ2v) is 6.85. The zero-order valence-corrected chi connectivity index (χ0v) is 12.1. The Hall–Kier alpha value is -0.780. The van der Waals surface area contributed by atoms with Crippen LogP contribution in [0.4, 0.5) is 0 Å². The highest BCUT2D eigenvalue weighted by Gasteiger charge is 2.47. The van der Waals surface area contributed by atoms with Gasteiger partial charge in [0.1, 0.15) is 0 Å². The summed E-state index contributed by atoms with van der Waals surface area (Å²) in [6, 6.07) is 9.09. The summed E-state index contributed by atoms with van der Waals surface area (Å²) in [6.07, 6.45) is 0. The summed E-state index contributed by atoms with van der Waals surface area (Å²) >= 11 is 0. The molecule has 0 aromatic heterocycles. The van der Waals surface area contributed by atoms with E-state index in [1.165, 1.54) is 0 Å². The summed E-state index contributed by atoms with van der Waals surface area (Å²) in [6.45, 7) is 14.4. The fraction of sp³-hybridized carbons (Fsp3) is 0.647. The van der Waals surface area contributed by atoms with E-state index in [1.54, 1.807) is 11.1 Å². The Morgan fingerprint density at radius 2 is 1.53 bits per heavy atom. The Labute approximate surface area is 106 Å². The van der Waals surface area contributed by atoms with Gasteiger partial charge in [-0.2, -0.15) is 0 Å². The molecule has 1 aromatic carbocycles. The molecule has 17 heavy (non-hydrogen) atoms. The molecule has 0 saturated carbocycles. The first-order valence-corrected chi connectivity index (χ1v) is 6.96. The molecule has 1 aliphatic carbocycles. The summed E-state index contributed by atoms with van der Waals surface area (Å²) in [4.78, 5) is 0. The molecule has 0 N–H and O–H groups in total. The highest BCUT2D eigenvalue weighted by Crippen LogP contribution is 2.55. The summed E-state index contributed by atoms with van der Waals surface area (Å²) in [5.74, 6) is 2.95. The lowest BCUT2D eigenvalue weighted by atomic mass is 9.68. The van der Waals surface area contributed by atoms with Gasteiger partial charge in [-0.05, 0) is 40.2 Å². The first-order chi connectivity index (χ1) is 7.87. The van der Waals surface area contributed by atoms with E-state index < -0.39 is 0 Å². The number of hydrogen-bond donors (Lipinski definition) is 0. The third-order valence-electron chi connectivity index (χ3n) is 4.67. The van der Waals surface area contributed by atoms with Crippen LogP contribution in [0.1, 0.15) is 58.6 Å². The molecule has 0 radical (unpaired) electrons. The van der Waals surface area contributed by atoms with Crippen LogP contribution in [0.3, 0.4) is 0 Å². The van der Waals surface area contributed by atoms with Gasteiger partial charge in [0.15, 0.2) is 0 Å². The van der Waals surface area contributed by atoms with Gasteiger partial charge in [0.05, 0.1) is 0 Å². The Bertz CT molecular complexity index is 398. The second kappa shape index (κ2) is 4.15. The van der Waals surface area contributed by atoms with Crippen molar-refractivity contribution in [1.82, 2.24) is 0 Å². The Morgan fingerprint density at radius 1 is 0.941 bits per heavy atom. The molecule has 0 nitrogen and oxygen atoms in total. The van der Waals surface area contributed by atoms with Gasteiger partial charge in [0, 0.05) is 0 Å². The molecule has 94 valence electrons. The normalized spacial score (nSPS) is 26.6. The maximum atomic E-state index is 2.43. The Morgan fingerprint density at radius 3 is 2.06 bits per heavy atom. The molecule has 1 aromatic rings. The van der Waals surface area contributed by atoms with E-state index in [-0.39, 0.29) is 0 Å². The number of benzene rings is 1. The summed E-state index contributed by atoms with van der Waals surface area (Å²) in [5.41, 5.74) is 3.50. The maximum absolute atomic E-state index is 2.43. The summed E-state index contributed by atoms with van der Waals surface area (Å²) in [7, 11) is 0. The van der Waals surface area contributed by atoms with Crippen molar-refractivity contribution < 1.29 is 0 Å². The van der Waals surface area contributed by atoms with Crippen molar-refractivity contribution in [3.63, 3.8) is 0 Å². The van der Waals surface area contributed by atoms with Crippen LogP contribution in [0.5, 0.6) is 0 Å². The van der Waals surface area contributed by atoms with Crippen LogP contribution in [0.15, 0.2) is 24.3 Å². The van der Waals surface area contributed by atoms with Crippen LogP contribution < -0.4 is 0 Å². The zero-order chi connectivity index (χ0) is 12.8. The van der Waals surface area contributed by atoms with Crippen LogP contribution in [0, 0.1) is 17.8 Å². The van der Waals surface area contributed by atoms with Crippen molar-refractivity contribution in [3.05, 3.63) is 35.4 Å². The summed E-state index contributed by atoms with van der Waals surface area (Å²) < 4.78 is 0. The van der Waals surface area contributed by atoms with E-state index >= 15 is 0 Å². The van der Waals surface area contributed by atoms with Gasteiger partial charge in [-0.15, -0.1) is 0 Å². The first-order valence-electron chi connectivity index (χ1n) is 6.96. The van der Waals surface area contributed by atoms with Crippen molar-refractivity contribution in [2.75, 3.05) is 0 Å². The van der Waals surface area contributed by atoms with Gasteiger partial charge in [-0.25, -0.2) is 0 Å². The van der Waals surface area contributed by atoms with Crippen molar-refractivity contribution in [2.24, 2.45) is 17.8 Å². The van der Waals surface area contributed by atoms with E-state index in [4.69, 9.17) is 0 Å².